The molecule has 1 aliphatic heterocycles. The zero-order valence-electron chi connectivity index (χ0n) is 7.43. The first kappa shape index (κ1) is 8.59. The van der Waals surface area contributed by atoms with Gasteiger partial charge in [0, 0.05) is 18.9 Å². The Bertz CT molecular complexity index is 265. The maximum absolute atomic E-state index is 9.59. The number of hydrogen-bond acceptors (Lipinski definition) is 4. The molecule has 70 valence electrons. The molecule has 1 aromatic heterocycles. The minimum atomic E-state index is 0.0439. The van der Waals surface area contributed by atoms with Crippen LogP contribution in [0.15, 0.2) is 18.6 Å². The number of rotatable bonds is 1. The Kier molecular flexibility index (Phi) is 2.52. The zero-order valence-corrected chi connectivity index (χ0v) is 7.43. The van der Waals surface area contributed by atoms with E-state index in [1.165, 1.54) is 5.06 Å². The fraction of sp³-hybridized carbons (Fsp3) is 0.556. The second-order valence-electron chi connectivity index (χ2n) is 3.30. The molecule has 4 heteroatoms. The summed E-state index contributed by atoms with van der Waals surface area (Å²) in [6, 6.07) is 0.0439. The molecule has 0 aliphatic carbocycles. The van der Waals surface area contributed by atoms with E-state index in [1.807, 2.05) is 0 Å². The molecular weight excluding hydrogens is 166 g/mol. The highest BCUT2D eigenvalue weighted by Crippen LogP contribution is 2.26. The maximum Gasteiger partial charge on any atom is 0.0786 e. The van der Waals surface area contributed by atoms with Gasteiger partial charge >= 0.3 is 0 Å². The van der Waals surface area contributed by atoms with E-state index in [9.17, 15) is 5.21 Å². The van der Waals surface area contributed by atoms with Crippen molar-refractivity contribution >= 4 is 0 Å². The standard InChI is InChI=1S/C9H13N3O/c13-12-6-2-1-3-9(12)8-7-10-4-5-11-8/h4-5,7,9,13H,1-3,6H2. The summed E-state index contributed by atoms with van der Waals surface area (Å²) >= 11 is 0. The van der Waals surface area contributed by atoms with Crippen molar-refractivity contribution in [2.24, 2.45) is 0 Å². The predicted octanol–water partition coefficient (Wildman–Crippen LogP) is 1.39. The summed E-state index contributed by atoms with van der Waals surface area (Å²) < 4.78 is 0. The van der Waals surface area contributed by atoms with Crippen molar-refractivity contribution < 1.29 is 5.21 Å². The molecule has 0 spiro atoms. The van der Waals surface area contributed by atoms with Gasteiger partial charge in [0.25, 0.3) is 0 Å². The maximum atomic E-state index is 9.59. The van der Waals surface area contributed by atoms with Gasteiger partial charge < -0.3 is 5.21 Å². The molecule has 1 fully saturated rings. The highest BCUT2D eigenvalue weighted by Gasteiger charge is 2.23. The number of hydroxylamine groups is 2. The Morgan fingerprint density at radius 1 is 1.38 bits per heavy atom. The first-order valence-electron chi connectivity index (χ1n) is 4.59. The van der Waals surface area contributed by atoms with Crippen molar-refractivity contribution in [3.05, 3.63) is 24.3 Å². The number of nitrogens with zero attached hydrogens (tertiary/aromatic N) is 3. The van der Waals surface area contributed by atoms with Gasteiger partial charge in [-0.25, -0.2) is 0 Å². The van der Waals surface area contributed by atoms with Crippen molar-refractivity contribution in [1.82, 2.24) is 15.0 Å². The summed E-state index contributed by atoms with van der Waals surface area (Å²) in [6.45, 7) is 0.737. The van der Waals surface area contributed by atoms with Gasteiger partial charge in [0.15, 0.2) is 0 Å². The van der Waals surface area contributed by atoms with Gasteiger partial charge in [-0.2, -0.15) is 5.06 Å². The van der Waals surface area contributed by atoms with Crippen LogP contribution in [-0.4, -0.2) is 26.8 Å². The Hall–Kier alpha value is -1.00. The van der Waals surface area contributed by atoms with Crippen molar-refractivity contribution in [2.45, 2.75) is 25.3 Å². The van der Waals surface area contributed by atoms with Crippen molar-refractivity contribution in [2.75, 3.05) is 6.54 Å². The van der Waals surface area contributed by atoms with Gasteiger partial charge in [0.2, 0.25) is 0 Å². The smallest absolute Gasteiger partial charge is 0.0786 e. The van der Waals surface area contributed by atoms with Crippen LogP contribution in [0.5, 0.6) is 0 Å². The van der Waals surface area contributed by atoms with Gasteiger partial charge in [0.1, 0.15) is 0 Å². The Labute approximate surface area is 77.2 Å². The molecule has 4 nitrogen and oxygen atoms in total. The van der Waals surface area contributed by atoms with Crippen molar-refractivity contribution in [3.8, 4) is 0 Å². The lowest BCUT2D eigenvalue weighted by atomic mass is 10.0. The Morgan fingerprint density at radius 2 is 2.31 bits per heavy atom. The molecule has 0 amide bonds. The molecule has 2 rings (SSSR count). The monoisotopic (exact) mass is 179 g/mol. The van der Waals surface area contributed by atoms with Crippen LogP contribution >= 0.6 is 0 Å². The number of piperidine rings is 1. The molecule has 1 N–H and O–H groups in total. The molecule has 2 heterocycles. The van der Waals surface area contributed by atoms with Crippen LogP contribution in [0.25, 0.3) is 0 Å². The molecule has 1 unspecified atom stereocenters. The van der Waals surface area contributed by atoms with Crippen LogP contribution in [0.4, 0.5) is 0 Å². The van der Waals surface area contributed by atoms with E-state index in [0.717, 1.165) is 31.5 Å². The largest absolute Gasteiger partial charge is 0.313 e. The van der Waals surface area contributed by atoms with Gasteiger partial charge in [-0.05, 0) is 12.8 Å². The van der Waals surface area contributed by atoms with E-state index in [2.05, 4.69) is 9.97 Å². The lowest BCUT2D eigenvalue weighted by Crippen LogP contribution is -2.30. The highest BCUT2D eigenvalue weighted by atomic mass is 16.5. The van der Waals surface area contributed by atoms with Crippen molar-refractivity contribution in [1.29, 1.82) is 0 Å². The van der Waals surface area contributed by atoms with E-state index in [0.29, 0.717) is 0 Å². The van der Waals surface area contributed by atoms with Gasteiger partial charge in [-0.3, -0.25) is 9.97 Å². The molecule has 1 aromatic rings. The average molecular weight is 179 g/mol. The first-order valence-corrected chi connectivity index (χ1v) is 4.59. The molecule has 0 aromatic carbocycles. The summed E-state index contributed by atoms with van der Waals surface area (Å²) in [6.07, 6.45) is 8.21. The van der Waals surface area contributed by atoms with E-state index in [-0.39, 0.29) is 6.04 Å². The zero-order chi connectivity index (χ0) is 9.10. The SMILES string of the molecule is ON1CCCCC1c1cnccn1. The minimum Gasteiger partial charge on any atom is -0.313 e. The topological polar surface area (TPSA) is 49.2 Å². The summed E-state index contributed by atoms with van der Waals surface area (Å²) in [5.41, 5.74) is 0.865. The summed E-state index contributed by atoms with van der Waals surface area (Å²) in [5, 5.41) is 11.0. The molecular formula is C9H13N3O. The predicted molar refractivity (Wildman–Crippen MR) is 47.1 cm³/mol. The third kappa shape index (κ3) is 1.84. The average Bonchev–Trinajstić information content (AvgIpc) is 2.20. The van der Waals surface area contributed by atoms with Gasteiger partial charge in [0.05, 0.1) is 17.9 Å². The molecule has 1 aliphatic rings. The molecule has 0 saturated carbocycles. The van der Waals surface area contributed by atoms with Crippen LogP contribution in [0.2, 0.25) is 0 Å². The van der Waals surface area contributed by atoms with E-state index in [4.69, 9.17) is 0 Å². The summed E-state index contributed by atoms with van der Waals surface area (Å²) in [4.78, 5) is 8.18. The van der Waals surface area contributed by atoms with Crippen LogP contribution in [0.3, 0.4) is 0 Å². The second kappa shape index (κ2) is 3.81. The van der Waals surface area contributed by atoms with E-state index in [1.54, 1.807) is 18.6 Å². The molecule has 1 atom stereocenters. The molecule has 0 radical (unpaired) electrons. The summed E-state index contributed by atoms with van der Waals surface area (Å²) in [5.74, 6) is 0. The second-order valence-corrected chi connectivity index (χ2v) is 3.30. The fourth-order valence-electron chi connectivity index (χ4n) is 1.70. The number of aromatic nitrogens is 2. The molecule has 0 bridgehead atoms. The normalized spacial score (nSPS) is 24.5. The van der Waals surface area contributed by atoms with Crippen LogP contribution in [0, 0.1) is 0 Å². The van der Waals surface area contributed by atoms with Crippen molar-refractivity contribution in [3.63, 3.8) is 0 Å². The lowest BCUT2D eigenvalue weighted by molar-refractivity contribution is -0.145. The van der Waals surface area contributed by atoms with Crippen LogP contribution in [0.1, 0.15) is 31.0 Å². The van der Waals surface area contributed by atoms with Crippen LogP contribution in [-0.2, 0) is 0 Å². The van der Waals surface area contributed by atoms with Gasteiger partial charge in [-0.15, -0.1) is 0 Å². The van der Waals surface area contributed by atoms with Crippen LogP contribution < -0.4 is 0 Å². The fourth-order valence-corrected chi connectivity index (χ4v) is 1.70. The summed E-state index contributed by atoms with van der Waals surface area (Å²) in [7, 11) is 0. The number of hydrogen-bond donors (Lipinski definition) is 1. The minimum absolute atomic E-state index is 0.0439. The Balaban J connectivity index is 2.15. The quantitative estimate of drug-likeness (QED) is 0.707. The molecule has 13 heavy (non-hydrogen) atoms. The highest BCUT2D eigenvalue weighted by molar-refractivity contribution is 5.02. The van der Waals surface area contributed by atoms with E-state index < -0.39 is 0 Å². The Morgan fingerprint density at radius 3 is 3.00 bits per heavy atom. The van der Waals surface area contributed by atoms with Gasteiger partial charge in [-0.1, -0.05) is 6.42 Å². The first-order chi connectivity index (χ1) is 6.38. The van der Waals surface area contributed by atoms with E-state index >= 15 is 0 Å². The molecule has 1 saturated heterocycles. The lowest BCUT2D eigenvalue weighted by Gasteiger charge is -2.29. The third-order valence-corrected chi connectivity index (χ3v) is 2.40. The third-order valence-electron chi connectivity index (χ3n) is 2.40.